The topological polar surface area (TPSA) is 96.4 Å². The minimum Gasteiger partial charge on any atom is -0.461 e. The van der Waals surface area contributed by atoms with E-state index in [9.17, 15) is 14.4 Å². The van der Waals surface area contributed by atoms with Crippen molar-refractivity contribution in [3.63, 3.8) is 0 Å². The lowest BCUT2D eigenvalue weighted by Crippen LogP contribution is -2.56. The van der Waals surface area contributed by atoms with Gasteiger partial charge in [-0.25, -0.2) is 0 Å². The highest BCUT2D eigenvalue weighted by molar-refractivity contribution is 6.34. The number of aliphatic hydroxyl groups is 1. The second-order valence-electron chi connectivity index (χ2n) is 9.83. The summed E-state index contributed by atoms with van der Waals surface area (Å²) in [6.07, 6.45) is 6.68. The lowest BCUT2D eigenvalue weighted by molar-refractivity contribution is -0.154. The summed E-state index contributed by atoms with van der Waals surface area (Å²) in [5.41, 5.74) is -0.582. The molecular formula is C28H35ClN2O6. The summed E-state index contributed by atoms with van der Waals surface area (Å²) >= 11 is 6.47. The number of carbonyl (C=O) groups excluding carboxylic acids is 3. The van der Waals surface area contributed by atoms with Crippen molar-refractivity contribution < 1.29 is 29.0 Å². The summed E-state index contributed by atoms with van der Waals surface area (Å²) in [5.74, 6) is -2.59. The number of carbonyl (C=O) groups is 3. The van der Waals surface area contributed by atoms with Gasteiger partial charge >= 0.3 is 5.97 Å². The standard InChI is InChI=1S/C28H35ClN2O6/c1-3-15-30(20-12-8-7-11-19(20)29)26(34)24-28-14-13-21(37-28)22(27(35)36-18-4-2)23(28)25(33)31(24)16-9-5-6-10-17-32/h3-4,7-8,11-12,21-24,32H,1-2,5-6,9-10,13-18H2/t21-,22+,23-,24?,28?/m0/s1. The molecule has 0 aliphatic carbocycles. The molecule has 0 radical (unpaired) electrons. The molecule has 9 heteroatoms. The molecule has 200 valence electrons. The van der Waals surface area contributed by atoms with Crippen molar-refractivity contribution in [1.29, 1.82) is 0 Å². The number of aliphatic hydroxyl groups excluding tert-OH is 1. The van der Waals surface area contributed by atoms with E-state index in [1.54, 1.807) is 40.1 Å². The van der Waals surface area contributed by atoms with Crippen LogP contribution in [0.25, 0.3) is 0 Å². The summed E-state index contributed by atoms with van der Waals surface area (Å²) < 4.78 is 11.8. The number of hydrogen-bond donors (Lipinski definition) is 1. The minimum atomic E-state index is -1.11. The van der Waals surface area contributed by atoms with Crippen LogP contribution in [0.15, 0.2) is 49.6 Å². The van der Waals surface area contributed by atoms with Crippen LogP contribution in [0.2, 0.25) is 5.02 Å². The smallest absolute Gasteiger partial charge is 0.312 e. The third kappa shape index (κ3) is 4.94. The number of rotatable bonds is 13. The van der Waals surface area contributed by atoms with E-state index >= 15 is 0 Å². The quantitative estimate of drug-likeness (QED) is 0.238. The van der Waals surface area contributed by atoms with Gasteiger partial charge in [0.15, 0.2) is 0 Å². The number of likely N-dealkylation sites (tertiary alicyclic amines) is 1. The highest BCUT2D eigenvalue weighted by Crippen LogP contribution is 2.59. The predicted molar refractivity (Wildman–Crippen MR) is 140 cm³/mol. The first-order valence-corrected chi connectivity index (χ1v) is 13.3. The largest absolute Gasteiger partial charge is 0.461 e. The van der Waals surface area contributed by atoms with Crippen molar-refractivity contribution in [3.8, 4) is 0 Å². The van der Waals surface area contributed by atoms with E-state index in [1.165, 1.54) is 6.08 Å². The Morgan fingerprint density at radius 1 is 1.22 bits per heavy atom. The number of anilines is 1. The Bertz CT molecular complexity index is 1050. The fraction of sp³-hybridized carbons (Fsp3) is 0.536. The lowest BCUT2D eigenvalue weighted by atomic mass is 9.70. The van der Waals surface area contributed by atoms with Gasteiger partial charge in [0.1, 0.15) is 18.2 Å². The van der Waals surface area contributed by atoms with Crippen LogP contribution in [0.1, 0.15) is 38.5 Å². The van der Waals surface area contributed by atoms with Gasteiger partial charge in [-0.1, -0.05) is 55.3 Å². The number of esters is 1. The number of nitrogens with zero attached hydrogens (tertiary/aromatic N) is 2. The van der Waals surface area contributed by atoms with Gasteiger partial charge in [0, 0.05) is 19.7 Å². The number of halogens is 1. The van der Waals surface area contributed by atoms with E-state index in [2.05, 4.69) is 13.2 Å². The monoisotopic (exact) mass is 530 g/mol. The summed E-state index contributed by atoms with van der Waals surface area (Å²) in [5, 5.41) is 9.51. The first-order chi connectivity index (χ1) is 17.9. The second kappa shape index (κ2) is 11.8. The molecule has 37 heavy (non-hydrogen) atoms. The van der Waals surface area contributed by atoms with Crippen LogP contribution < -0.4 is 4.90 Å². The fourth-order valence-corrected chi connectivity index (χ4v) is 6.42. The maximum absolute atomic E-state index is 14.3. The third-order valence-electron chi connectivity index (χ3n) is 7.68. The van der Waals surface area contributed by atoms with E-state index < -0.39 is 35.6 Å². The average molecular weight is 531 g/mol. The van der Waals surface area contributed by atoms with Gasteiger partial charge in [0.05, 0.1) is 28.6 Å². The van der Waals surface area contributed by atoms with Gasteiger partial charge in [0.2, 0.25) is 5.91 Å². The van der Waals surface area contributed by atoms with Crippen LogP contribution in [0.5, 0.6) is 0 Å². The second-order valence-corrected chi connectivity index (χ2v) is 10.2. The van der Waals surface area contributed by atoms with E-state index in [0.717, 1.165) is 12.8 Å². The van der Waals surface area contributed by atoms with E-state index in [0.29, 0.717) is 42.9 Å². The number of para-hydroxylation sites is 1. The summed E-state index contributed by atoms with van der Waals surface area (Å²) in [4.78, 5) is 44.5. The third-order valence-corrected chi connectivity index (χ3v) is 8.00. The first-order valence-electron chi connectivity index (χ1n) is 12.9. The maximum Gasteiger partial charge on any atom is 0.312 e. The molecule has 8 nitrogen and oxygen atoms in total. The number of fused-ring (bicyclic) bond motifs is 1. The van der Waals surface area contributed by atoms with Crippen molar-refractivity contribution in [2.24, 2.45) is 11.8 Å². The van der Waals surface area contributed by atoms with Crippen molar-refractivity contribution in [2.45, 2.75) is 56.3 Å². The zero-order chi connectivity index (χ0) is 26.6. The number of amides is 2. The molecule has 2 bridgehead atoms. The number of unbranched alkanes of at least 4 members (excludes halogenated alkanes) is 3. The molecule has 3 aliphatic rings. The highest BCUT2D eigenvalue weighted by atomic mass is 35.5. The first kappa shape index (κ1) is 27.4. The van der Waals surface area contributed by atoms with Crippen molar-refractivity contribution in [2.75, 3.05) is 31.2 Å². The normalized spacial score (nSPS) is 27.7. The Hall–Kier alpha value is -2.68. The Balaban J connectivity index is 1.70. The van der Waals surface area contributed by atoms with Crippen LogP contribution in [0.4, 0.5) is 5.69 Å². The molecule has 2 amide bonds. The molecule has 0 aromatic heterocycles. The van der Waals surface area contributed by atoms with E-state index in [-0.39, 0.29) is 31.6 Å². The average Bonchev–Trinajstić information content (AvgIpc) is 3.53. The van der Waals surface area contributed by atoms with Gasteiger partial charge in [-0.3, -0.25) is 14.4 Å². The van der Waals surface area contributed by atoms with Crippen molar-refractivity contribution in [3.05, 3.63) is 54.6 Å². The van der Waals surface area contributed by atoms with Gasteiger partial charge in [-0.15, -0.1) is 6.58 Å². The Kier molecular flexibility index (Phi) is 8.72. The summed E-state index contributed by atoms with van der Waals surface area (Å²) in [6.45, 7) is 8.13. The fourth-order valence-electron chi connectivity index (χ4n) is 6.18. The van der Waals surface area contributed by atoms with E-state index in [4.69, 9.17) is 26.2 Å². The summed E-state index contributed by atoms with van der Waals surface area (Å²) in [7, 11) is 0. The highest BCUT2D eigenvalue weighted by Gasteiger charge is 2.75. The Morgan fingerprint density at radius 3 is 2.68 bits per heavy atom. The zero-order valence-corrected chi connectivity index (χ0v) is 21.8. The molecule has 5 atom stereocenters. The molecule has 3 fully saturated rings. The number of benzene rings is 1. The van der Waals surface area contributed by atoms with Gasteiger partial charge in [0.25, 0.3) is 5.91 Å². The van der Waals surface area contributed by atoms with Gasteiger partial charge < -0.3 is 24.4 Å². The van der Waals surface area contributed by atoms with Crippen LogP contribution >= 0.6 is 11.6 Å². The molecular weight excluding hydrogens is 496 g/mol. The Labute approximate surface area is 222 Å². The van der Waals surface area contributed by atoms with Crippen molar-refractivity contribution >= 4 is 35.1 Å². The van der Waals surface area contributed by atoms with Gasteiger partial charge in [-0.2, -0.15) is 0 Å². The SMILES string of the molecule is C=CCOC(=O)[C@@H]1[C@@H]2CCC3(O2)C(C(=O)N(CC=C)c2ccccc2Cl)N(CCCCCCO)C(=O)[C@H]13. The summed E-state index contributed by atoms with van der Waals surface area (Å²) in [6, 6.07) is 6.16. The lowest BCUT2D eigenvalue weighted by Gasteiger charge is -2.37. The van der Waals surface area contributed by atoms with Crippen LogP contribution in [-0.4, -0.2) is 71.8 Å². The van der Waals surface area contributed by atoms with Crippen LogP contribution in [-0.2, 0) is 23.9 Å². The number of hydrogen-bond acceptors (Lipinski definition) is 6. The molecule has 1 aromatic carbocycles. The van der Waals surface area contributed by atoms with Crippen LogP contribution in [0, 0.1) is 11.8 Å². The molecule has 0 saturated carbocycles. The zero-order valence-electron chi connectivity index (χ0n) is 21.0. The molecule has 2 unspecified atom stereocenters. The molecule has 1 N–H and O–H groups in total. The predicted octanol–water partition coefficient (Wildman–Crippen LogP) is 3.52. The molecule has 1 spiro atoms. The molecule has 3 saturated heterocycles. The Morgan fingerprint density at radius 2 is 1.97 bits per heavy atom. The van der Waals surface area contributed by atoms with E-state index in [1.807, 2.05) is 0 Å². The number of ether oxygens (including phenoxy) is 2. The molecule has 3 aliphatic heterocycles. The molecule has 4 rings (SSSR count). The minimum absolute atomic E-state index is 0.0481. The van der Waals surface area contributed by atoms with Gasteiger partial charge in [-0.05, 0) is 37.8 Å². The van der Waals surface area contributed by atoms with Crippen molar-refractivity contribution in [1.82, 2.24) is 4.90 Å². The molecule has 3 heterocycles. The maximum atomic E-state index is 14.3. The van der Waals surface area contributed by atoms with Crippen LogP contribution in [0.3, 0.4) is 0 Å². The molecule has 1 aromatic rings.